The Balaban J connectivity index is 2.81. The van der Waals surface area contributed by atoms with Crippen LogP contribution in [0.25, 0.3) is 0 Å². The van der Waals surface area contributed by atoms with Crippen molar-refractivity contribution in [2.45, 2.75) is 52.6 Å². The summed E-state index contributed by atoms with van der Waals surface area (Å²) in [5.74, 6) is -0.172. The first kappa shape index (κ1) is 16.0. The van der Waals surface area contributed by atoms with Crippen molar-refractivity contribution in [3.8, 4) is 0 Å². The van der Waals surface area contributed by atoms with E-state index >= 15 is 0 Å². The van der Waals surface area contributed by atoms with Gasteiger partial charge in [0.1, 0.15) is 5.82 Å². The lowest BCUT2D eigenvalue weighted by atomic mass is 10.1. The summed E-state index contributed by atoms with van der Waals surface area (Å²) in [5.41, 5.74) is 1.07. The van der Waals surface area contributed by atoms with Crippen LogP contribution in [0.2, 0.25) is 0 Å². The Bertz CT molecular complexity index is 385. The summed E-state index contributed by atoms with van der Waals surface area (Å²) in [6.07, 6.45) is 1.04. The maximum absolute atomic E-state index is 13.4. The maximum Gasteiger partial charge on any atom is 0.125 e. The van der Waals surface area contributed by atoms with E-state index in [1.165, 1.54) is 6.07 Å². The Morgan fingerprint density at radius 2 is 1.95 bits per heavy atom. The fraction of sp³-hybridized carbons (Fsp3) is 0.625. The quantitative estimate of drug-likeness (QED) is 0.842. The van der Waals surface area contributed by atoms with Crippen molar-refractivity contribution in [2.75, 3.05) is 18.0 Å². The van der Waals surface area contributed by atoms with Gasteiger partial charge >= 0.3 is 0 Å². The first-order valence-electron chi connectivity index (χ1n) is 7.14. The van der Waals surface area contributed by atoms with Gasteiger partial charge in [0.2, 0.25) is 0 Å². The molecule has 0 fully saturated rings. The molecule has 1 rings (SSSR count). The lowest BCUT2D eigenvalue weighted by molar-refractivity contribution is 0.394. The number of benzene rings is 1. The summed E-state index contributed by atoms with van der Waals surface area (Å²) in [5, 5.41) is 3.54. The average molecular weight is 266 g/mol. The van der Waals surface area contributed by atoms with Crippen molar-refractivity contribution in [1.82, 2.24) is 5.32 Å². The number of hydrogen-bond acceptors (Lipinski definition) is 2. The minimum absolute atomic E-state index is 0.106. The second kappa shape index (κ2) is 6.90. The van der Waals surface area contributed by atoms with Crippen LogP contribution >= 0.6 is 0 Å². The fourth-order valence-corrected chi connectivity index (χ4v) is 2.21. The number of rotatable bonds is 6. The first-order valence-corrected chi connectivity index (χ1v) is 7.14. The number of nitrogens with zero attached hydrogens (tertiary/aromatic N) is 1. The van der Waals surface area contributed by atoms with E-state index in [1.54, 1.807) is 12.1 Å². The molecule has 1 unspecified atom stereocenters. The van der Waals surface area contributed by atoms with E-state index in [0.29, 0.717) is 6.04 Å². The Kier molecular flexibility index (Phi) is 5.80. The van der Waals surface area contributed by atoms with Crippen molar-refractivity contribution in [2.24, 2.45) is 0 Å². The van der Waals surface area contributed by atoms with Gasteiger partial charge in [0.15, 0.2) is 0 Å². The monoisotopic (exact) mass is 266 g/mol. The van der Waals surface area contributed by atoms with E-state index in [9.17, 15) is 4.39 Å². The zero-order chi connectivity index (χ0) is 14.5. The van der Waals surface area contributed by atoms with Crippen LogP contribution in [0.4, 0.5) is 10.1 Å². The van der Waals surface area contributed by atoms with Gasteiger partial charge in [-0.05, 0) is 52.3 Å². The fourth-order valence-electron chi connectivity index (χ4n) is 2.21. The molecule has 0 heterocycles. The normalized spacial score (nSPS) is 13.4. The average Bonchev–Trinajstić information content (AvgIpc) is 2.33. The van der Waals surface area contributed by atoms with Gasteiger partial charge in [-0.3, -0.25) is 0 Å². The highest BCUT2D eigenvalue weighted by atomic mass is 19.1. The molecule has 0 saturated heterocycles. The topological polar surface area (TPSA) is 15.3 Å². The highest BCUT2D eigenvalue weighted by Crippen LogP contribution is 2.19. The third kappa shape index (κ3) is 5.19. The van der Waals surface area contributed by atoms with Crippen LogP contribution in [0.15, 0.2) is 24.3 Å². The van der Waals surface area contributed by atoms with Crippen LogP contribution < -0.4 is 10.2 Å². The van der Waals surface area contributed by atoms with Crippen LogP contribution in [0.5, 0.6) is 0 Å². The maximum atomic E-state index is 13.4. The molecule has 1 atom stereocenters. The lowest BCUT2D eigenvalue weighted by Gasteiger charge is -2.34. The molecule has 0 radical (unpaired) electrons. The van der Waals surface area contributed by atoms with Crippen molar-refractivity contribution in [1.29, 1.82) is 0 Å². The SMILES string of the molecule is CCC(CNC(C)(C)C)N(CC)c1cccc(F)c1. The van der Waals surface area contributed by atoms with E-state index in [4.69, 9.17) is 0 Å². The smallest absolute Gasteiger partial charge is 0.125 e. The van der Waals surface area contributed by atoms with Gasteiger partial charge in [0.05, 0.1) is 0 Å². The molecule has 0 aliphatic heterocycles. The first-order chi connectivity index (χ1) is 8.87. The van der Waals surface area contributed by atoms with E-state index in [2.05, 4.69) is 44.8 Å². The summed E-state index contributed by atoms with van der Waals surface area (Å²) in [6.45, 7) is 12.6. The molecule has 1 aromatic carbocycles. The number of anilines is 1. The highest BCUT2D eigenvalue weighted by Gasteiger charge is 2.18. The van der Waals surface area contributed by atoms with Crippen LogP contribution in [0.3, 0.4) is 0 Å². The highest BCUT2D eigenvalue weighted by molar-refractivity contribution is 5.47. The van der Waals surface area contributed by atoms with Crippen LogP contribution in [-0.2, 0) is 0 Å². The van der Waals surface area contributed by atoms with E-state index < -0.39 is 0 Å². The summed E-state index contributed by atoms with van der Waals surface area (Å²) in [4.78, 5) is 2.27. The second-order valence-electron chi connectivity index (χ2n) is 5.96. The van der Waals surface area contributed by atoms with Gasteiger partial charge in [-0.1, -0.05) is 13.0 Å². The number of hydrogen-bond donors (Lipinski definition) is 1. The molecule has 0 spiro atoms. The Hall–Kier alpha value is -1.09. The summed E-state index contributed by atoms with van der Waals surface area (Å²) in [7, 11) is 0. The molecule has 108 valence electrons. The molecule has 3 heteroatoms. The predicted octanol–water partition coefficient (Wildman–Crippen LogP) is 3.82. The number of halogens is 1. The third-order valence-corrected chi connectivity index (χ3v) is 3.26. The Morgan fingerprint density at radius 3 is 2.42 bits per heavy atom. The molecule has 1 N–H and O–H groups in total. The van der Waals surface area contributed by atoms with E-state index in [0.717, 1.165) is 25.2 Å². The lowest BCUT2D eigenvalue weighted by Crippen LogP contribution is -2.47. The predicted molar refractivity (Wildman–Crippen MR) is 81.3 cm³/mol. The third-order valence-electron chi connectivity index (χ3n) is 3.26. The van der Waals surface area contributed by atoms with Crippen molar-refractivity contribution >= 4 is 5.69 Å². The molecule has 19 heavy (non-hydrogen) atoms. The molecular formula is C16H27FN2. The Labute approximate surface area is 117 Å². The summed E-state index contributed by atoms with van der Waals surface area (Å²) in [6, 6.07) is 7.24. The zero-order valence-electron chi connectivity index (χ0n) is 12.8. The number of nitrogens with one attached hydrogen (secondary N) is 1. The second-order valence-corrected chi connectivity index (χ2v) is 5.96. The molecule has 0 amide bonds. The van der Waals surface area contributed by atoms with Crippen molar-refractivity contribution < 1.29 is 4.39 Å². The van der Waals surface area contributed by atoms with Crippen LogP contribution in [-0.4, -0.2) is 24.7 Å². The molecule has 0 aliphatic rings. The van der Waals surface area contributed by atoms with Crippen molar-refractivity contribution in [3.63, 3.8) is 0 Å². The minimum atomic E-state index is -0.172. The van der Waals surface area contributed by atoms with Gasteiger partial charge in [-0.25, -0.2) is 4.39 Å². The molecule has 0 bridgehead atoms. The van der Waals surface area contributed by atoms with Gasteiger partial charge in [0, 0.05) is 30.4 Å². The molecule has 0 aliphatic carbocycles. The van der Waals surface area contributed by atoms with Crippen LogP contribution in [0, 0.1) is 5.82 Å². The number of likely N-dealkylation sites (N-methyl/N-ethyl adjacent to an activating group) is 1. The Morgan fingerprint density at radius 1 is 1.26 bits per heavy atom. The zero-order valence-corrected chi connectivity index (χ0v) is 12.8. The van der Waals surface area contributed by atoms with Crippen molar-refractivity contribution in [3.05, 3.63) is 30.1 Å². The van der Waals surface area contributed by atoms with Gasteiger partial charge < -0.3 is 10.2 Å². The molecule has 2 nitrogen and oxygen atoms in total. The largest absolute Gasteiger partial charge is 0.367 e. The van der Waals surface area contributed by atoms with Gasteiger partial charge in [0.25, 0.3) is 0 Å². The minimum Gasteiger partial charge on any atom is -0.367 e. The molecule has 1 aromatic rings. The summed E-state index contributed by atoms with van der Waals surface area (Å²) < 4.78 is 13.4. The van der Waals surface area contributed by atoms with Crippen LogP contribution in [0.1, 0.15) is 41.0 Å². The standard InChI is InChI=1S/C16H27FN2/c1-6-14(12-18-16(3,4)5)19(7-2)15-10-8-9-13(17)11-15/h8-11,14,18H,6-7,12H2,1-5H3. The summed E-state index contributed by atoms with van der Waals surface area (Å²) >= 11 is 0. The molecular weight excluding hydrogens is 239 g/mol. The van der Waals surface area contributed by atoms with E-state index in [1.807, 2.05) is 6.07 Å². The van der Waals surface area contributed by atoms with E-state index in [-0.39, 0.29) is 11.4 Å². The van der Waals surface area contributed by atoms with Gasteiger partial charge in [-0.15, -0.1) is 0 Å². The molecule has 0 aromatic heterocycles. The van der Waals surface area contributed by atoms with Gasteiger partial charge in [-0.2, -0.15) is 0 Å². The molecule has 0 saturated carbocycles.